The molecule has 16 heavy (non-hydrogen) atoms. The number of hydrogen-bond acceptors (Lipinski definition) is 2. The first kappa shape index (κ1) is 11.3. The molecule has 0 bridgehead atoms. The van der Waals surface area contributed by atoms with E-state index in [2.05, 4.69) is 6.07 Å². The van der Waals surface area contributed by atoms with E-state index in [1.165, 1.54) is 5.56 Å². The van der Waals surface area contributed by atoms with E-state index in [0.29, 0.717) is 6.61 Å². The minimum Gasteiger partial charge on any atom is -0.378 e. The van der Waals surface area contributed by atoms with Crippen LogP contribution < -0.4 is 0 Å². The SMILES string of the molecule is Cc1ccc(C(=O)C2COC(C)C2)c(C)c1. The quantitative estimate of drug-likeness (QED) is 0.713. The van der Waals surface area contributed by atoms with Crippen molar-refractivity contribution >= 4 is 5.78 Å². The molecule has 0 saturated carbocycles. The molecule has 86 valence electrons. The van der Waals surface area contributed by atoms with E-state index in [1.54, 1.807) is 0 Å². The minimum atomic E-state index is 0.0522. The lowest BCUT2D eigenvalue weighted by Gasteiger charge is -2.10. The third-order valence-electron chi connectivity index (χ3n) is 3.22. The first-order chi connectivity index (χ1) is 7.58. The second-order valence-corrected chi connectivity index (χ2v) is 4.76. The van der Waals surface area contributed by atoms with Gasteiger partial charge in [-0.3, -0.25) is 4.79 Å². The summed E-state index contributed by atoms with van der Waals surface area (Å²) in [5.41, 5.74) is 3.13. The molecule has 2 rings (SSSR count). The Morgan fingerprint density at radius 1 is 1.38 bits per heavy atom. The first-order valence-electron chi connectivity index (χ1n) is 5.81. The molecule has 0 spiro atoms. The number of ketones is 1. The normalized spacial score (nSPS) is 24.7. The van der Waals surface area contributed by atoms with Crippen LogP contribution in [-0.2, 0) is 4.74 Å². The molecule has 1 aromatic rings. The maximum Gasteiger partial charge on any atom is 0.168 e. The van der Waals surface area contributed by atoms with Crippen molar-refractivity contribution in [2.75, 3.05) is 6.61 Å². The van der Waals surface area contributed by atoms with Crippen molar-refractivity contribution in [2.24, 2.45) is 5.92 Å². The lowest BCUT2D eigenvalue weighted by molar-refractivity contribution is 0.0877. The number of ether oxygens (including phenoxy) is 1. The number of benzene rings is 1. The van der Waals surface area contributed by atoms with Gasteiger partial charge in [0.2, 0.25) is 0 Å². The zero-order chi connectivity index (χ0) is 11.7. The van der Waals surface area contributed by atoms with Crippen LogP contribution in [0.25, 0.3) is 0 Å². The fourth-order valence-corrected chi connectivity index (χ4v) is 2.31. The van der Waals surface area contributed by atoms with Crippen LogP contribution >= 0.6 is 0 Å². The highest BCUT2D eigenvalue weighted by Gasteiger charge is 2.29. The smallest absolute Gasteiger partial charge is 0.168 e. The molecule has 1 saturated heterocycles. The van der Waals surface area contributed by atoms with Crippen LogP contribution in [0, 0.1) is 19.8 Å². The Hall–Kier alpha value is -1.15. The maximum atomic E-state index is 12.2. The average Bonchev–Trinajstić information content (AvgIpc) is 2.64. The summed E-state index contributed by atoms with van der Waals surface area (Å²) in [6.45, 7) is 6.64. The largest absolute Gasteiger partial charge is 0.378 e. The third kappa shape index (κ3) is 2.17. The Kier molecular flexibility index (Phi) is 3.10. The maximum absolute atomic E-state index is 12.2. The van der Waals surface area contributed by atoms with E-state index >= 15 is 0 Å². The summed E-state index contributed by atoms with van der Waals surface area (Å²) in [6.07, 6.45) is 1.08. The monoisotopic (exact) mass is 218 g/mol. The van der Waals surface area contributed by atoms with Gasteiger partial charge < -0.3 is 4.74 Å². The predicted octanol–water partition coefficient (Wildman–Crippen LogP) is 2.91. The van der Waals surface area contributed by atoms with Crippen LogP contribution in [0.3, 0.4) is 0 Å². The summed E-state index contributed by atoms with van der Waals surface area (Å²) in [4.78, 5) is 12.2. The van der Waals surface area contributed by atoms with Crippen LogP contribution in [0.4, 0.5) is 0 Å². The van der Waals surface area contributed by atoms with Gasteiger partial charge >= 0.3 is 0 Å². The second-order valence-electron chi connectivity index (χ2n) is 4.76. The Morgan fingerprint density at radius 2 is 2.12 bits per heavy atom. The lowest BCUT2D eigenvalue weighted by Crippen LogP contribution is -2.16. The molecule has 2 heteroatoms. The van der Waals surface area contributed by atoms with E-state index in [-0.39, 0.29) is 17.8 Å². The second kappa shape index (κ2) is 4.38. The highest BCUT2D eigenvalue weighted by Crippen LogP contribution is 2.24. The van der Waals surface area contributed by atoms with Gasteiger partial charge in [0.15, 0.2) is 5.78 Å². The van der Waals surface area contributed by atoms with E-state index in [0.717, 1.165) is 17.5 Å². The van der Waals surface area contributed by atoms with Gasteiger partial charge in [-0.2, -0.15) is 0 Å². The van der Waals surface area contributed by atoms with Crippen molar-refractivity contribution in [1.82, 2.24) is 0 Å². The summed E-state index contributed by atoms with van der Waals surface area (Å²) in [5, 5.41) is 0. The van der Waals surface area contributed by atoms with E-state index in [9.17, 15) is 4.79 Å². The summed E-state index contributed by atoms with van der Waals surface area (Å²) in [5.74, 6) is 0.290. The van der Waals surface area contributed by atoms with Crippen molar-refractivity contribution < 1.29 is 9.53 Å². The molecule has 2 atom stereocenters. The summed E-state index contributed by atoms with van der Waals surface area (Å²) < 4.78 is 5.45. The van der Waals surface area contributed by atoms with Gasteiger partial charge in [0, 0.05) is 11.5 Å². The molecule has 1 heterocycles. The van der Waals surface area contributed by atoms with Crippen molar-refractivity contribution in [1.29, 1.82) is 0 Å². The van der Waals surface area contributed by atoms with Crippen LogP contribution in [-0.4, -0.2) is 18.5 Å². The molecule has 2 unspecified atom stereocenters. The molecule has 0 N–H and O–H groups in total. The molecule has 0 amide bonds. The zero-order valence-corrected chi connectivity index (χ0v) is 10.1. The highest BCUT2D eigenvalue weighted by atomic mass is 16.5. The van der Waals surface area contributed by atoms with Gasteiger partial charge in [0.1, 0.15) is 0 Å². The van der Waals surface area contributed by atoms with Crippen LogP contribution in [0.2, 0.25) is 0 Å². The standard InChI is InChI=1S/C14H18O2/c1-9-4-5-13(10(2)6-9)14(15)12-7-11(3)16-8-12/h4-6,11-12H,7-8H2,1-3H3. The third-order valence-corrected chi connectivity index (χ3v) is 3.22. The fraction of sp³-hybridized carbons (Fsp3) is 0.500. The van der Waals surface area contributed by atoms with Crippen LogP contribution in [0.15, 0.2) is 18.2 Å². The number of rotatable bonds is 2. The Labute approximate surface area is 96.6 Å². The van der Waals surface area contributed by atoms with E-state index < -0.39 is 0 Å². The van der Waals surface area contributed by atoms with Gasteiger partial charge in [0.25, 0.3) is 0 Å². The molecule has 1 aliphatic heterocycles. The molecule has 0 radical (unpaired) electrons. The average molecular weight is 218 g/mol. The number of aryl methyl sites for hydroxylation is 2. The fourth-order valence-electron chi connectivity index (χ4n) is 2.31. The van der Waals surface area contributed by atoms with Crippen molar-refractivity contribution in [3.05, 3.63) is 34.9 Å². The number of Topliss-reactive ketones (excluding diaryl/α,β-unsaturated/α-hetero) is 1. The van der Waals surface area contributed by atoms with Crippen molar-refractivity contribution in [3.63, 3.8) is 0 Å². The van der Waals surface area contributed by atoms with Crippen LogP contribution in [0.1, 0.15) is 34.8 Å². The van der Waals surface area contributed by atoms with Gasteiger partial charge in [-0.25, -0.2) is 0 Å². The number of carbonyl (C=O) groups is 1. The first-order valence-corrected chi connectivity index (χ1v) is 5.81. The Morgan fingerprint density at radius 3 is 2.69 bits per heavy atom. The van der Waals surface area contributed by atoms with Crippen LogP contribution in [0.5, 0.6) is 0 Å². The van der Waals surface area contributed by atoms with Gasteiger partial charge in [-0.1, -0.05) is 23.8 Å². The zero-order valence-electron chi connectivity index (χ0n) is 10.1. The topological polar surface area (TPSA) is 26.3 Å². The summed E-state index contributed by atoms with van der Waals surface area (Å²) >= 11 is 0. The lowest BCUT2D eigenvalue weighted by atomic mass is 9.92. The molecular formula is C14H18O2. The Bertz CT molecular complexity index is 409. The molecule has 2 nitrogen and oxygen atoms in total. The Balaban J connectivity index is 2.21. The summed E-state index contributed by atoms with van der Waals surface area (Å²) in [7, 11) is 0. The van der Waals surface area contributed by atoms with Gasteiger partial charge in [-0.15, -0.1) is 0 Å². The molecule has 1 aromatic carbocycles. The van der Waals surface area contributed by atoms with Crippen molar-refractivity contribution in [2.45, 2.75) is 33.3 Å². The molecule has 0 aliphatic carbocycles. The summed E-state index contributed by atoms with van der Waals surface area (Å²) in [6, 6.07) is 6.00. The number of hydrogen-bond donors (Lipinski definition) is 0. The molecular weight excluding hydrogens is 200 g/mol. The highest BCUT2D eigenvalue weighted by molar-refractivity contribution is 5.99. The molecule has 1 fully saturated rings. The number of carbonyl (C=O) groups excluding carboxylic acids is 1. The molecule has 0 aromatic heterocycles. The van der Waals surface area contributed by atoms with E-state index in [4.69, 9.17) is 4.74 Å². The molecule has 1 aliphatic rings. The van der Waals surface area contributed by atoms with E-state index in [1.807, 2.05) is 32.9 Å². The van der Waals surface area contributed by atoms with Crippen molar-refractivity contribution in [3.8, 4) is 0 Å². The van der Waals surface area contributed by atoms with Gasteiger partial charge in [-0.05, 0) is 32.8 Å². The minimum absolute atomic E-state index is 0.0522. The van der Waals surface area contributed by atoms with Gasteiger partial charge in [0.05, 0.1) is 12.7 Å². The predicted molar refractivity (Wildman–Crippen MR) is 63.8 cm³/mol.